The summed E-state index contributed by atoms with van der Waals surface area (Å²) in [4.78, 5) is 4.38. The third-order valence-corrected chi connectivity index (χ3v) is 4.39. The Morgan fingerprint density at radius 1 is 1.10 bits per heavy atom. The molecule has 1 aromatic heterocycles. The lowest BCUT2D eigenvalue weighted by atomic mass is 10.1. The van der Waals surface area contributed by atoms with Gasteiger partial charge in [-0.2, -0.15) is 0 Å². The van der Waals surface area contributed by atoms with Gasteiger partial charge in [-0.15, -0.1) is 22.9 Å². The van der Waals surface area contributed by atoms with E-state index in [1.807, 2.05) is 41.8 Å². The third kappa shape index (κ3) is 2.75. The molecule has 0 bridgehead atoms. The van der Waals surface area contributed by atoms with E-state index in [0.29, 0.717) is 12.5 Å². The Morgan fingerprint density at radius 2 is 1.90 bits per heavy atom. The lowest BCUT2D eigenvalue weighted by Gasteiger charge is -2.09. The summed E-state index contributed by atoms with van der Waals surface area (Å²) in [7, 11) is 0. The Hall–Kier alpha value is -1.29. The zero-order chi connectivity index (χ0) is 13.9. The summed E-state index contributed by atoms with van der Waals surface area (Å²) >= 11 is 13.5. The summed E-state index contributed by atoms with van der Waals surface area (Å²) in [6.45, 7) is 0.438. The first-order valence-electron chi connectivity index (χ1n) is 6.07. The highest BCUT2D eigenvalue weighted by Crippen LogP contribution is 2.31. The van der Waals surface area contributed by atoms with Crippen molar-refractivity contribution in [2.75, 3.05) is 0 Å². The largest absolute Gasteiger partial charge is 0.486 e. The first kappa shape index (κ1) is 13.7. The van der Waals surface area contributed by atoms with Gasteiger partial charge in [0.15, 0.2) is 0 Å². The molecule has 0 aliphatic carbocycles. The lowest BCUT2D eigenvalue weighted by molar-refractivity contribution is 0.309. The zero-order valence-electron chi connectivity index (χ0n) is 10.5. The number of fused-ring (bicyclic) bond motifs is 1. The molecular formula is C15H11Cl2NOS. The SMILES string of the molecule is ClCc1csc(COc2ccc(Cl)c3ccccc23)n1. The molecule has 2 nitrogen and oxygen atoms in total. The molecule has 0 spiro atoms. The van der Waals surface area contributed by atoms with Crippen LogP contribution >= 0.6 is 34.5 Å². The van der Waals surface area contributed by atoms with E-state index in [0.717, 1.165) is 32.2 Å². The minimum absolute atomic E-state index is 0.431. The Morgan fingerprint density at radius 3 is 2.65 bits per heavy atom. The van der Waals surface area contributed by atoms with Crippen LogP contribution in [-0.2, 0) is 12.5 Å². The van der Waals surface area contributed by atoms with Crippen molar-refractivity contribution in [2.45, 2.75) is 12.5 Å². The van der Waals surface area contributed by atoms with Gasteiger partial charge in [-0.3, -0.25) is 0 Å². The fourth-order valence-corrected chi connectivity index (χ4v) is 3.14. The average molecular weight is 324 g/mol. The van der Waals surface area contributed by atoms with Crippen LogP contribution in [0.3, 0.4) is 0 Å². The molecule has 0 radical (unpaired) electrons. The Balaban J connectivity index is 1.86. The Bertz CT molecular complexity index is 742. The predicted molar refractivity (Wildman–Crippen MR) is 85.0 cm³/mol. The average Bonchev–Trinajstić information content (AvgIpc) is 2.95. The van der Waals surface area contributed by atoms with Crippen LogP contribution in [0.1, 0.15) is 10.7 Å². The summed E-state index contributed by atoms with van der Waals surface area (Å²) in [5.41, 5.74) is 0.885. The number of aromatic nitrogens is 1. The maximum atomic E-state index is 6.19. The molecule has 0 atom stereocenters. The monoisotopic (exact) mass is 323 g/mol. The van der Waals surface area contributed by atoms with Gasteiger partial charge < -0.3 is 4.74 Å². The van der Waals surface area contributed by atoms with E-state index in [1.165, 1.54) is 0 Å². The van der Waals surface area contributed by atoms with Crippen molar-refractivity contribution < 1.29 is 4.74 Å². The minimum Gasteiger partial charge on any atom is -0.486 e. The number of hydrogen-bond acceptors (Lipinski definition) is 3. The van der Waals surface area contributed by atoms with Gasteiger partial charge in [-0.25, -0.2) is 4.98 Å². The fourth-order valence-electron chi connectivity index (χ4n) is 1.98. The number of nitrogens with zero attached hydrogens (tertiary/aromatic N) is 1. The number of halogens is 2. The highest BCUT2D eigenvalue weighted by atomic mass is 35.5. The second kappa shape index (κ2) is 6.00. The first-order chi connectivity index (χ1) is 9.78. The van der Waals surface area contributed by atoms with Gasteiger partial charge in [0.25, 0.3) is 0 Å². The highest BCUT2D eigenvalue weighted by Gasteiger charge is 2.07. The van der Waals surface area contributed by atoms with Crippen LogP contribution < -0.4 is 4.74 Å². The van der Waals surface area contributed by atoms with Crippen molar-refractivity contribution in [3.63, 3.8) is 0 Å². The number of alkyl halides is 1. The smallest absolute Gasteiger partial charge is 0.140 e. The van der Waals surface area contributed by atoms with Crippen molar-refractivity contribution in [1.29, 1.82) is 0 Å². The van der Waals surface area contributed by atoms with E-state index in [2.05, 4.69) is 4.98 Å². The summed E-state index contributed by atoms with van der Waals surface area (Å²) in [6, 6.07) is 11.7. The summed E-state index contributed by atoms with van der Waals surface area (Å²) in [5, 5.41) is 5.60. The molecule has 0 unspecified atom stereocenters. The van der Waals surface area contributed by atoms with Crippen molar-refractivity contribution >= 4 is 45.3 Å². The second-order valence-electron chi connectivity index (χ2n) is 4.25. The van der Waals surface area contributed by atoms with Crippen LogP contribution in [-0.4, -0.2) is 4.98 Å². The number of benzene rings is 2. The molecule has 0 aliphatic rings. The molecule has 0 saturated carbocycles. The van der Waals surface area contributed by atoms with Crippen molar-refractivity contribution in [3.8, 4) is 5.75 Å². The van der Waals surface area contributed by atoms with Gasteiger partial charge in [0.2, 0.25) is 0 Å². The minimum atomic E-state index is 0.431. The standard InChI is InChI=1S/C15H11Cl2NOS/c16-7-10-9-20-15(18-10)8-19-14-6-5-13(17)11-3-1-2-4-12(11)14/h1-6,9H,7-8H2. The van der Waals surface area contributed by atoms with Gasteiger partial charge in [-0.05, 0) is 12.1 Å². The second-order valence-corrected chi connectivity index (χ2v) is 5.86. The van der Waals surface area contributed by atoms with Crippen molar-refractivity contribution in [2.24, 2.45) is 0 Å². The number of thiazole rings is 1. The van der Waals surface area contributed by atoms with Gasteiger partial charge in [0.1, 0.15) is 17.4 Å². The molecule has 3 aromatic rings. The maximum Gasteiger partial charge on any atom is 0.140 e. The predicted octanol–water partition coefficient (Wildman–Crippen LogP) is 5.27. The fraction of sp³-hybridized carbons (Fsp3) is 0.133. The molecule has 1 heterocycles. The van der Waals surface area contributed by atoms with E-state index in [9.17, 15) is 0 Å². The lowest BCUT2D eigenvalue weighted by Crippen LogP contribution is -1.96. The van der Waals surface area contributed by atoms with Gasteiger partial charge in [-0.1, -0.05) is 35.9 Å². The first-order valence-corrected chi connectivity index (χ1v) is 7.86. The van der Waals surface area contributed by atoms with E-state index in [1.54, 1.807) is 11.3 Å². The van der Waals surface area contributed by atoms with Crippen LogP contribution in [0.4, 0.5) is 0 Å². The molecule has 3 rings (SSSR count). The molecule has 20 heavy (non-hydrogen) atoms. The quantitative estimate of drug-likeness (QED) is 0.610. The molecule has 0 N–H and O–H groups in total. The van der Waals surface area contributed by atoms with Crippen LogP contribution in [0.2, 0.25) is 5.02 Å². The van der Waals surface area contributed by atoms with Crippen LogP contribution in [0, 0.1) is 0 Å². The van der Waals surface area contributed by atoms with E-state index in [-0.39, 0.29) is 0 Å². The molecule has 2 aromatic carbocycles. The van der Waals surface area contributed by atoms with Crippen molar-refractivity contribution in [3.05, 3.63) is 57.5 Å². The number of ether oxygens (including phenoxy) is 1. The van der Waals surface area contributed by atoms with Gasteiger partial charge in [0, 0.05) is 21.2 Å². The Labute approximate surface area is 130 Å². The molecule has 0 saturated heterocycles. The van der Waals surface area contributed by atoms with Gasteiger partial charge >= 0.3 is 0 Å². The molecule has 0 fully saturated rings. The van der Waals surface area contributed by atoms with E-state index in [4.69, 9.17) is 27.9 Å². The number of hydrogen-bond donors (Lipinski definition) is 0. The van der Waals surface area contributed by atoms with E-state index < -0.39 is 0 Å². The zero-order valence-corrected chi connectivity index (χ0v) is 12.8. The summed E-state index contributed by atoms with van der Waals surface area (Å²) < 4.78 is 5.86. The van der Waals surface area contributed by atoms with E-state index >= 15 is 0 Å². The van der Waals surface area contributed by atoms with Crippen LogP contribution in [0.15, 0.2) is 41.8 Å². The molecule has 5 heteroatoms. The van der Waals surface area contributed by atoms with Crippen LogP contribution in [0.5, 0.6) is 5.75 Å². The Kier molecular flexibility index (Phi) is 4.10. The summed E-state index contributed by atoms with van der Waals surface area (Å²) in [6.07, 6.45) is 0. The van der Waals surface area contributed by atoms with Gasteiger partial charge in [0.05, 0.1) is 11.6 Å². The topological polar surface area (TPSA) is 22.1 Å². The molecule has 102 valence electrons. The normalized spacial score (nSPS) is 10.9. The van der Waals surface area contributed by atoms with Crippen molar-refractivity contribution in [1.82, 2.24) is 4.98 Å². The summed E-state index contributed by atoms with van der Waals surface area (Å²) in [5.74, 6) is 1.24. The molecule has 0 amide bonds. The van der Waals surface area contributed by atoms with Crippen LogP contribution in [0.25, 0.3) is 10.8 Å². The maximum absolute atomic E-state index is 6.19. The highest BCUT2D eigenvalue weighted by molar-refractivity contribution is 7.09. The molecular weight excluding hydrogens is 313 g/mol. The third-order valence-electron chi connectivity index (χ3n) is 2.92. The number of rotatable bonds is 4. The molecule has 0 aliphatic heterocycles.